The van der Waals surface area contributed by atoms with Crippen molar-refractivity contribution in [1.29, 1.82) is 0 Å². The first-order valence-electron chi connectivity index (χ1n) is 6.27. The number of nitrogens with zero attached hydrogens (tertiary/aromatic N) is 1. The number of hydrogen-bond donors (Lipinski definition) is 0. The Balaban J connectivity index is 1.87. The highest BCUT2D eigenvalue weighted by Crippen LogP contribution is 2.30. The Hall–Kier alpha value is -1.23. The first-order chi connectivity index (χ1) is 10.1. The molecule has 3 rings (SSSR count). The van der Waals surface area contributed by atoms with Crippen molar-refractivity contribution in [1.82, 2.24) is 4.98 Å². The van der Waals surface area contributed by atoms with Crippen LogP contribution in [-0.4, -0.2) is 4.98 Å². The number of aromatic nitrogens is 1. The Bertz CT molecular complexity index is 787. The topological polar surface area (TPSA) is 12.9 Å². The van der Waals surface area contributed by atoms with Crippen molar-refractivity contribution in [3.05, 3.63) is 73.7 Å². The molecule has 0 aliphatic carbocycles. The van der Waals surface area contributed by atoms with Gasteiger partial charge in [-0.2, -0.15) is 0 Å². The van der Waals surface area contributed by atoms with Crippen LogP contribution in [0.2, 0.25) is 5.02 Å². The van der Waals surface area contributed by atoms with E-state index in [4.69, 9.17) is 11.6 Å². The Kier molecular flexibility index (Phi) is 4.38. The molecule has 0 saturated heterocycles. The lowest BCUT2D eigenvalue weighted by atomic mass is 10.1. The van der Waals surface area contributed by atoms with Gasteiger partial charge in [0.05, 0.1) is 10.7 Å². The molecule has 106 valence electrons. The molecule has 0 bridgehead atoms. The minimum Gasteiger partial charge on any atom is -0.241 e. The highest BCUT2D eigenvalue weighted by molar-refractivity contribution is 9.10. The van der Waals surface area contributed by atoms with Gasteiger partial charge in [-0.25, -0.2) is 9.37 Å². The zero-order valence-corrected chi connectivity index (χ0v) is 14.0. The second-order valence-corrected chi connectivity index (χ2v) is 6.72. The summed E-state index contributed by atoms with van der Waals surface area (Å²) in [6.07, 6.45) is 0.605. The summed E-state index contributed by atoms with van der Waals surface area (Å²) < 4.78 is 14.1. The van der Waals surface area contributed by atoms with E-state index >= 15 is 0 Å². The third kappa shape index (κ3) is 3.34. The molecular weight excluding hydrogens is 373 g/mol. The molecule has 0 aliphatic heterocycles. The summed E-state index contributed by atoms with van der Waals surface area (Å²) >= 11 is 11.2. The van der Waals surface area contributed by atoms with E-state index in [-0.39, 0.29) is 5.82 Å². The van der Waals surface area contributed by atoms with Crippen LogP contribution in [0.25, 0.3) is 11.3 Å². The molecule has 0 spiro atoms. The van der Waals surface area contributed by atoms with Crippen LogP contribution < -0.4 is 0 Å². The molecule has 0 amide bonds. The van der Waals surface area contributed by atoms with E-state index in [0.29, 0.717) is 11.4 Å². The van der Waals surface area contributed by atoms with Gasteiger partial charge in [-0.3, -0.25) is 0 Å². The van der Waals surface area contributed by atoms with E-state index in [1.807, 2.05) is 29.6 Å². The van der Waals surface area contributed by atoms with Gasteiger partial charge in [0.2, 0.25) is 0 Å². The molecule has 0 radical (unpaired) electrons. The maximum atomic E-state index is 13.1. The van der Waals surface area contributed by atoms with E-state index in [1.54, 1.807) is 17.4 Å². The fourth-order valence-corrected chi connectivity index (χ4v) is 3.55. The summed E-state index contributed by atoms with van der Waals surface area (Å²) in [5.41, 5.74) is 2.87. The first-order valence-corrected chi connectivity index (χ1v) is 8.32. The maximum Gasteiger partial charge on any atom is 0.124 e. The Morgan fingerprint density at radius 3 is 2.76 bits per heavy atom. The molecule has 0 fully saturated rings. The van der Waals surface area contributed by atoms with E-state index in [9.17, 15) is 4.39 Å². The van der Waals surface area contributed by atoms with Crippen molar-refractivity contribution in [2.75, 3.05) is 0 Å². The van der Waals surface area contributed by atoms with Crippen LogP contribution in [0.1, 0.15) is 10.6 Å². The standard InChI is InChI=1S/C16H10BrClFNS/c17-13-4-2-1-3-12(13)15-9-21-16(20-15)7-10-5-6-11(19)8-14(10)18/h1-6,8-9H,7H2. The highest BCUT2D eigenvalue weighted by atomic mass is 79.9. The SMILES string of the molecule is Fc1ccc(Cc2nc(-c3ccccc3Br)cs2)c(Cl)c1. The molecule has 0 aliphatic rings. The predicted octanol–water partition coefficient (Wildman–Crippen LogP) is 5.96. The lowest BCUT2D eigenvalue weighted by molar-refractivity contribution is 0.627. The second-order valence-electron chi connectivity index (χ2n) is 4.52. The summed E-state index contributed by atoms with van der Waals surface area (Å²) in [5.74, 6) is -0.322. The van der Waals surface area contributed by atoms with Crippen LogP contribution in [0.15, 0.2) is 52.3 Å². The van der Waals surface area contributed by atoms with Crippen molar-refractivity contribution in [2.45, 2.75) is 6.42 Å². The third-order valence-corrected chi connectivity index (χ3v) is 4.95. The normalized spacial score (nSPS) is 10.8. The minimum atomic E-state index is -0.322. The third-order valence-electron chi connectivity index (χ3n) is 3.06. The van der Waals surface area contributed by atoms with E-state index in [2.05, 4.69) is 20.9 Å². The molecule has 0 saturated carbocycles. The Morgan fingerprint density at radius 1 is 1.19 bits per heavy atom. The zero-order chi connectivity index (χ0) is 14.8. The molecular formula is C16H10BrClFNS. The minimum absolute atomic E-state index is 0.322. The lowest BCUT2D eigenvalue weighted by Crippen LogP contribution is -1.90. The van der Waals surface area contributed by atoms with Gasteiger partial charge in [0.25, 0.3) is 0 Å². The fourth-order valence-electron chi connectivity index (χ4n) is 2.01. The number of hydrogen-bond acceptors (Lipinski definition) is 2. The maximum absolute atomic E-state index is 13.1. The largest absolute Gasteiger partial charge is 0.241 e. The molecule has 5 heteroatoms. The smallest absolute Gasteiger partial charge is 0.124 e. The molecule has 3 aromatic rings. The Labute approximate surface area is 139 Å². The molecule has 0 unspecified atom stereocenters. The molecule has 1 heterocycles. The van der Waals surface area contributed by atoms with Crippen molar-refractivity contribution in [3.8, 4) is 11.3 Å². The van der Waals surface area contributed by atoms with Crippen LogP contribution >= 0.6 is 38.9 Å². The van der Waals surface area contributed by atoms with Crippen molar-refractivity contribution in [2.24, 2.45) is 0 Å². The second kappa shape index (κ2) is 6.26. The van der Waals surface area contributed by atoms with Gasteiger partial charge >= 0.3 is 0 Å². The van der Waals surface area contributed by atoms with Crippen LogP contribution in [-0.2, 0) is 6.42 Å². The van der Waals surface area contributed by atoms with E-state index < -0.39 is 0 Å². The summed E-state index contributed by atoms with van der Waals surface area (Å²) in [5, 5.41) is 3.41. The summed E-state index contributed by atoms with van der Waals surface area (Å²) in [6.45, 7) is 0. The molecule has 0 N–H and O–H groups in total. The van der Waals surface area contributed by atoms with Crippen LogP contribution in [0, 0.1) is 5.82 Å². The molecule has 0 atom stereocenters. The average Bonchev–Trinajstić information content (AvgIpc) is 2.91. The zero-order valence-electron chi connectivity index (χ0n) is 10.8. The van der Waals surface area contributed by atoms with Gasteiger partial charge < -0.3 is 0 Å². The number of rotatable bonds is 3. The molecule has 2 aromatic carbocycles. The summed E-state index contributed by atoms with van der Waals surface area (Å²) in [7, 11) is 0. The number of halogens is 3. The average molecular weight is 383 g/mol. The van der Waals surface area contributed by atoms with Gasteiger partial charge in [-0.05, 0) is 23.8 Å². The van der Waals surface area contributed by atoms with Gasteiger partial charge in [0, 0.05) is 26.9 Å². The highest BCUT2D eigenvalue weighted by Gasteiger charge is 2.10. The van der Waals surface area contributed by atoms with Crippen molar-refractivity contribution in [3.63, 3.8) is 0 Å². The quantitative estimate of drug-likeness (QED) is 0.545. The van der Waals surface area contributed by atoms with Crippen molar-refractivity contribution >= 4 is 38.9 Å². The van der Waals surface area contributed by atoms with E-state index in [0.717, 1.165) is 26.3 Å². The fraction of sp³-hybridized carbons (Fsp3) is 0.0625. The molecule has 1 aromatic heterocycles. The number of thiazole rings is 1. The predicted molar refractivity (Wildman–Crippen MR) is 89.5 cm³/mol. The number of benzene rings is 2. The van der Waals surface area contributed by atoms with Gasteiger partial charge in [-0.15, -0.1) is 11.3 Å². The van der Waals surface area contributed by atoms with E-state index in [1.165, 1.54) is 12.1 Å². The first kappa shape index (κ1) is 14.7. The summed E-state index contributed by atoms with van der Waals surface area (Å²) in [4.78, 5) is 4.64. The monoisotopic (exact) mass is 381 g/mol. The van der Waals surface area contributed by atoms with Crippen LogP contribution in [0.4, 0.5) is 4.39 Å². The Morgan fingerprint density at radius 2 is 2.00 bits per heavy atom. The van der Waals surface area contributed by atoms with Gasteiger partial charge in [0.15, 0.2) is 0 Å². The van der Waals surface area contributed by atoms with Crippen molar-refractivity contribution < 1.29 is 4.39 Å². The molecule has 21 heavy (non-hydrogen) atoms. The van der Waals surface area contributed by atoms with Crippen LogP contribution in [0.5, 0.6) is 0 Å². The molecule has 1 nitrogen and oxygen atoms in total. The van der Waals surface area contributed by atoms with Crippen LogP contribution in [0.3, 0.4) is 0 Å². The van der Waals surface area contributed by atoms with Gasteiger partial charge in [-0.1, -0.05) is 51.8 Å². The van der Waals surface area contributed by atoms with Gasteiger partial charge in [0.1, 0.15) is 5.82 Å². The summed E-state index contributed by atoms with van der Waals surface area (Å²) in [6, 6.07) is 12.4. The lowest BCUT2D eigenvalue weighted by Gasteiger charge is -2.02.